The van der Waals surface area contributed by atoms with Gasteiger partial charge >= 0.3 is 5.97 Å². The minimum Gasteiger partial charge on any atom is -0.465 e. The fourth-order valence-electron chi connectivity index (χ4n) is 1.79. The minimum absolute atomic E-state index is 0.255. The van der Waals surface area contributed by atoms with Gasteiger partial charge in [0.05, 0.1) is 18.9 Å². The predicted molar refractivity (Wildman–Crippen MR) is 84.9 cm³/mol. The highest BCUT2D eigenvalue weighted by molar-refractivity contribution is 9.11. The zero-order valence-electron chi connectivity index (χ0n) is 11.5. The Bertz CT molecular complexity index is 685. The second-order valence-electron chi connectivity index (χ2n) is 4.15. The molecule has 1 heterocycles. The highest BCUT2D eigenvalue weighted by atomic mass is 79.9. The van der Waals surface area contributed by atoms with E-state index in [1.165, 1.54) is 24.6 Å². The standard InChI is InChI=1S/C14H13BrN2O3S/c1-3-8-4-5-9(13(19)20-2)6-10(8)17-12(18)11-7-16-14(15)21-11/h4-7H,3H2,1-2H3,(H,17,18). The molecule has 0 fully saturated rings. The quantitative estimate of drug-likeness (QED) is 0.838. The molecule has 0 radical (unpaired) electrons. The van der Waals surface area contributed by atoms with Crippen molar-refractivity contribution in [1.29, 1.82) is 0 Å². The Morgan fingerprint density at radius 2 is 2.19 bits per heavy atom. The van der Waals surface area contributed by atoms with Crippen molar-refractivity contribution in [2.45, 2.75) is 13.3 Å². The van der Waals surface area contributed by atoms with E-state index in [1.54, 1.807) is 12.1 Å². The van der Waals surface area contributed by atoms with Crippen molar-refractivity contribution in [2.75, 3.05) is 12.4 Å². The summed E-state index contributed by atoms with van der Waals surface area (Å²) in [7, 11) is 1.32. The molecule has 21 heavy (non-hydrogen) atoms. The van der Waals surface area contributed by atoms with Gasteiger partial charge in [0.1, 0.15) is 4.88 Å². The van der Waals surface area contributed by atoms with Crippen LogP contribution in [0.1, 0.15) is 32.5 Å². The van der Waals surface area contributed by atoms with Crippen molar-refractivity contribution < 1.29 is 14.3 Å². The number of thiazole rings is 1. The fourth-order valence-corrected chi connectivity index (χ4v) is 2.95. The Morgan fingerprint density at radius 3 is 2.76 bits per heavy atom. The molecule has 2 rings (SSSR count). The molecule has 0 saturated heterocycles. The Kier molecular flexibility index (Phi) is 5.08. The van der Waals surface area contributed by atoms with Crippen LogP contribution in [0.15, 0.2) is 28.3 Å². The Hall–Kier alpha value is -1.73. The zero-order valence-corrected chi connectivity index (χ0v) is 13.9. The Morgan fingerprint density at radius 1 is 1.43 bits per heavy atom. The number of rotatable bonds is 4. The molecule has 1 aromatic carbocycles. The topological polar surface area (TPSA) is 68.3 Å². The van der Waals surface area contributed by atoms with Gasteiger partial charge in [0.15, 0.2) is 3.92 Å². The van der Waals surface area contributed by atoms with Gasteiger partial charge in [0, 0.05) is 5.69 Å². The highest BCUT2D eigenvalue weighted by Gasteiger charge is 2.14. The lowest BCUT2D eigenvalue weighted by atomic mass is 10.1. The molecule has 1 aromatic heterocycles. The third-order valence-corrected chi connectivity index (χ3v) is 4.34. The molecule has 0 spiro atoms. The number of esters is 1. The van der Waals surface area contributed by atoms with E-state index in [0.717, 1.165) is 12.0 Å². The maximum Gasteiger partial charge on any atom is 0.337 e. The van der Waals surface area contributed by atoms with Gasteiger partial charge in [-0.25, -0.2) is 9.78 Å². The van der Waals surface area contributed by atoms with E-state index in [9.17, 15) is 9.59 Å². The summed E-state index contributed by atoms with van der Waals surface area (Å²) in [6.07, 6.45) is 2.24. The fraction of sp³-hybridized carbons (Fsp3) is 0.214. The number of hydrogen-bond acceptors (Lipinski definition) is 5. The van der Waals surface area contributed by atoms with Crippen LogP contribution in [0.3, 0.4) is 0 Å². The molecule has 110 valence electrons. The summed E-state index contributed by atoms with van der Waals surface area (Å²) < 4.78 is 5.34. The predicted octanol–water partition coefficient (Wildman–Crippen LogP) is 3.51. The van der Waals surface area contributed by atoms with E-state index in [0.29, 0.717) is 20.0 Å². The first-order valence-corrected chi connectivity index (χ1v) is 7.80. The van der Waals surface area contributed by atoms with E-state index in [1.807, 2.05) is 13.0 Å². The van der Waals surface area contributed by atoms with Crippen molar-refractivity contribution in [2.24, 2.45) is 0 Å². The van der Waals surface area contributed by atoms with Crippen LogP contribution in [0.5, 0.6) is 0 Å². The first kappa shape index (κ1) is 15.7. The maximum atomic E-state index is 12.2. The molecule has 1 amide bonds. The van der Waals surface area contributed by atoms with Gasteiger partial charge in [-0.05, 0) is 40.0 Å². The van der Waals surface area contributed by atoms with Gasteiger partial charge in [0.25, 0.3) is 5.91 Å². The first-order valence-electron chi connectivity index (χ1n) is 6.19. The molecule has 0 aliphatic heterocycles. The zero-order chi connectivity index (χ0) is 15.4. The summed E-state index contributed by atoms with van der Waals surface area (Å²) in [4.78, 5) is 28.2. The molecular formula is C14H13BrN2O3S. The summed E-state index contributed by atoms with van der Waals surface area (Å²) in [5, 5.41) is 2.81. The van der Waals surface area contributed by atoms with Crippen LogP contribution < -0.4 is 5.32 Å². The van der Waals surface area contributed by atoms with Gasteiger partial charge in [0.2, 0.25) is 0 Å². The first-order chi connectivity index (χ1) is 10.0. The number of aryl methyl sites for hydroxylation is 1. The number of hydrogen-bond donors (Lipinski definition) is 1. The average molecular weight is 369 g/mol. The Balaban J connectivity index is 2.29. The van der Waals surface area contributed by atoms with Gasteiger partial charge in [-0.2, -0.15) is 0 Å². The second-order valence-corrected chi connectivity index (χ2v) is 6.46. The number of carbonyl (C=O) groups excluding carboxylic acids is 2. The van der Waals surface area contributed by atoms with Crippen LogP contribution >= 0.6 is 27.3 Å². The van der Waals surface area contributed by atoms with Crippen LogP contribution in [-0.4, -0.2) is 24.0 Å². The molecule has 0 unspecified atom stereocenters. The van der Waals surface area contributed by atoms with E-state index in [-0.39, 0.29) is 5.91 Å². The number of nitrogens with one attached hydrogen (secondary N) is 1. The van der Waals surface area contributed by atoms with Crippen LogP contribution in [0, 0.1) is 0 Å². The van der Waals surface area contributed by atoms with Crippen LogP contribution in [-0.2, 0) is 11.2 Å². The van der Waals surface area contributed by atoms with Crippen molar-refractivity contribution in [3.8, 4) is 0 Å². The van der Waals surface area contributed by atoms with Gasteiger partial charge in [-0.3, -0.25) is 4.79 Å². The summed E-state index contributed by atoms with van der Waals surface area (Å²) in [6.45, 7) is 1.98. The lowest BCUT2D eigenvalue weighted by Gasteiger charge is -2.10. The van der Waals surface area contributed by atoms with Crippen LogP contribution in [0.25, 0.3) is 0 Å². The Labute approximate surface area is 134 Å². The van der Waals surface area contributed by atoms with Crippen LogP contribution in [0.4, 0.5) is 5.69 Å². The maximum absolute atomic E-state index is 12.2. The summed E-state index contributed by atoms with van der Waals surface area (Å²) in [5.74, 6) is -0.691. The molecule has 0 saturated carbocycles. The lowest BCUT2D eigenvalue weighted by molar-refractivity contribution is 0.0600. The third-order valence-electron chi connectivity index (χ3n) is 2.86. The van der Waals surface area contributed by atoms with Crippen molar-refractivity contribution in [1.82, 2.24) is 4.98 Å². The summed E-state index contributed by atoms with van der Waals surface area (Å²) >= 11 is 4.47. The van der Waals surface area contributed by atoms with E-state index in [2.05, 4.69) is 26.2 Å². The molecule has 5 nitrogen and oxygen atoms in total. The number of anilines is 1. The number of benzene rings is 1. The van der Waals surface area contributed by atoms with Gasteiger partial charge in [-0.15, -0.1) is 11.3 Å². The molecule has 1 N–H and O–H groups in total. The van der Waals surface area contributed by atoms with Crippen LogP contribution in [0.2, 0.25) is 0 Å². The SMILES string of the molecule is CCc1ccc(C(=O)OC)cc1NC(=O)c1cnc(Br)s1. The summed E-state index contributed by atoms with van der Waals surface area (Å²) in [6, 6.07) is 5.12. The van der Waals surface area contributed by atoms with Crippen molar-refractivity contribution in [3.05, 3.63) is 44.3 Å². The molecule has 7 heteroatoms. The molecule has 0 bridgehead atoms. The number of halogens is 1. The number of aromatic nitrogens is 1. The van der Waals surface area contributed by atoms with E-state index in [4.69, 9.17) is 4.74 Å². The number of carbonyl (C=O) groups is 2. The van der Waals surface area contributed by atoms with Gasteiger partial charge < -0.3 is 10.1 Å². The van der Waals surface area contributed by atoms with E-state index >= 15 is 0 Å². The van der Waals surface area contributed by atoms with E-state index < -0.39 is 5.97 Å². The smallest absolute Gasteiger partial charge is 0.337 e. The van der Waals surface area contributed by atoms with Gasteiger partial charge in [-0.1, -0.05) is 13.0 Å². The summed E-state index contributed by atoms with van der Waals surface area (Å²) in [5.41, 5.74) is 1.95. The lowest BCUT2D eigenvalue weighted by Crippen LogP contribution is -2.13. The highest BCUT2D eigenvalue weighted by Crippen LogP contribution is 2.23. The average Bonchev–Trinajstić information content (AvgIpc) is 2.93. The van der Waals surface area contributed by atoms with Crippen molar-refractivity contribution >= 4 is 44.8 Å². The molecule has 0 atom stereocenters. The molecule has 0 aliphatic carbocycles. The third kappa shape index (κ3) is 3.68. The molecule has 0 aliphatic rings. The second kappa shape index (κ2) is 6.82. The number of ether oxygens (including phenoxy) is 1. The number of methoxy groups -OCH3 is 1. The number of nitrogens with zero attached hydrogens (tertiary/aromatic N) is 1. The molecular weight excluding hydrogens is 356 g/mol. The van der Waals surface area contributed by atoms with Crippen molar-refractivity contribution in [3.63, 3.8) is 0 Å². The largest absolute Gasteiger partial charge is 0.465 e. The number of amides is 1. The molecule has 2 aromatic rings. The normalized spacial score (nSPS) is 10.2. The minimum atomic E-state index is -0.436. The monoisotopic (exact) mass is 368 g/mol.